The van der Waals surface area contributed by atoms with E-state index in [2.05, 4.69) is 5.73 Å². The summed E-state index contributed by atoms with van der Waals surface area (Å²) in [7, 11) is -3.10. The van der Waals surface area contributed by atoms with Crippen LogP contribution in [0.5, 0.6) is 0 Å². The van der Waals surface area contributed by atoms with Crippen LogP contribution >= 0.6 is 7.37 Å². The lowest BCUT2D eigenvalue weighted by Crippen LogP contribution is -2.35. The minimum absolute atomic E-state index is 0. The van der Waals surface area contributed by atoms with Crippen LogP contribution in [0.2, 0.25) is 0 Å². The highest BCUT2D eigenvalue weighted by molar-refractivity contribution is 7.57. The van der Waals surface area contributed by atoms with Crippen LogP contribution < -0.4 is 22.7 Å². The third kappa shape index (κ3) is 17.8. The average Bonchev–Trinajstić information content (AvgIpc) is 2.52. The van der Waals surface area contributed by atoms with Crippen molar-refractivity contribution in [3.05, 3.63) is 50.6 Å². The molecule has 0 heterocycles. The van der Waals surface area contributed by atoms with Crippen LogP contribution in [0.25, 0.3) is 0 Å². The second kappa shape index (κ2) is 14.7. The zero-order valence-corrected chi connectivity index (χ0v) is 16.1. The van der Waals surface area contributed by atoms with E-state index < -0.39 is 35.5 Å². The van der Waals surface area contributed by atoms with Crippen LogP contribution in [0.4, 0.5) is 10.5 Å². The van der Waals surface area contributed by atoms with Gasteiger partial charge in [0.05, 0.1) is 0 Å². The van der Waals surface area contributed by atoms with Gasteiger partial charge in [0.1, 0.15) is 6.04 Å². The first-order chi connectivity index (χ1) is 12.7. The lowest BCUT2D eigenvalue weighted by Gasteiger charge is -2.07. The Kier molecular flexibility index (Phi) is 15.4. The van der Waals surface area contributed by atoms with Crippen LogP contribution in [-0.4, -0.2) is 56.1 Å². The van der Waals surface area contributed by atoms with Crippen LogP contribution in [0, 0.1) is 20.2 Å². The quantitative estimate of drug-likeness (QED) is 0.189. The normalized spacial score (nSPS) is 12.1. The maximum Gasteiger partial charge on any atom is 0.402 e. The van der Waals surface area contributed by atoms with E-state index in [-0.39, 0.29) is 29.5 Å². The summed E-state index contributed by atoms with van der Waals surface area (Å²) in [6, 6.07) is 6.11. The largest absolute Gasteiger partial charge is 0.480 e. The molecule has 1 amide bonds. The molecule has 0 spiro atoms. The number of nitro groups is 2. The molecule has 29 heavy (non-hydrogen) atoms. The molecule has 1 rings (SSSR count). The molecule has 1 aromatic rings. The second-order valence-electron chi connectivity index (χ2n) is 4.95. The number of benzene rings is 1. The van der Waals surface area contributed by atoms with Crippen molar-refractivity contribution in [3.63, 3.8) is 0 Å². The molecule has 2 unspecified atom stereocenters. The zero-order valence-electron chi connectivity index (χ0n) is 15.2. The number of nitrogens with two attached hydrogens (primary N) is 2. The highest BCUT2D eigenvalue weighted by atomic mass is 31.2. The van der Waals surface area contributed by atoms with Gasteiger partial charge in [0.15, 0.2) is 18.2 Å². The molecule has 0 fully saturated rings. The number of amides is 1. The number of hydrazine groups is 2. The Morgan fingerprint density at radius 1 is 1.17 bits per heavy atom. The number of aliphatic carboxylic acids is 1. The van der Waals surface area contributed by atoms with Gasteiger partial charge in [0.25, 0.3) is 0 Å². The summed E-state index contributed by atoms with van der Waals surface area (Å²) in [5, 5.41) is 33.6. The van der Waals surface area contributed by atoms with Crippen molar-refractivity contribution in [3.8, 4) is 0 Å². The highest BCUT2D eigenvalue weighted by Crippen LogP contribution is 2.35. The number of anilines is 1. The fraction of sp³-hybridized carbons (Fsp3) is 0.333. The molecule has 1 aromatic carbocycles. The number of rotatable bonds is 7. The maximum atomic E-state index is 10.6. The van der Waals surface area contributed by atoms with Gasteiger partial charge < -0.3 is 32.7 Å². The van der Waals surface area contributed by atoms with Gasteiger partial charge in [-0.1, -0.05) is 18.2 Å². The van der Waals surface area contributed by atoms with E-state index in [4.69, 9.17) is 25.6 Å². The Balaban J connectivity index is -0.000000387. The predicted molar refractivity (Wildman–Crippen MR) is 101 cm³/mol. The first kappa shape index (κ1) is 30.4. The number of carboxylic acids is 1. The SMILES string of the molecule is CP(=O)(O)CCC(N)C(=O)O.N.NC(=O)O.O=[N+]([O-])N(c1ccccc1)[N+](=O)[O-]. The van der Waals surface area contributed by atoms with Gasteiger partial charge in [0, 0.05) is 12.8 Å². The summed E-state index contributed by atoms with van der Waals surface area (Å²) < 4.78 is 10.6. The molecule has 0 saturated carbocycles. The van der Waals surface area contributed by atoms with E-state index in [0.29, 0.717) is 0 Å². The standard InChI is InChI=1S/C6H5N3O4.C5H12NO4P.CH3NO2.H3N/c10-8(11)7(9(12)13)6-4-2-1-3-5-6;1-11(9,10)3-2-4(6)5(7)8;2-1(3)4;/h1-5H;4H,2-3,6H2,1H3,(H,7,8)(H,9,10);2H2,(H,3,4);1H3. The molecule has 10 N–H and O–H groups in total. The van der Waals surface area contributed by atoms with Crippen LogP contribution in [0.15, 0.2) is 30.3 Å². The number of carboxylic acid groups (broad SMARTS) is 2. The van der Waals surface area contributed by atoms with E-state index in [1.807, 2.05) is 0 Å². The lowest BCUT2D eigenvalue weighted by atomic mass is 10.2. The smallest absolute Gasteiger partial charge is 0.402 e. The number of para-hydroxylation sites is 1. The van der Waals surface area contributed by atoms with Crippen molar-refractivity contribution >= 4 is 25.1 Å². The van der Waals surface area contributed by atoms with Crippen LogP contribution in [0.1, 0.15) is 6.42 Å². The Hall–Kier alpha value is -3.33. The highest BCUT2D eigenvalue weighted by Gasteiger charge is 2.29. The van der Waals surface area contributed by atoms with Crippen molar-refractivity contribution in [2.75, 3.05) is 17.9 Å². The monoisotopic (exact) mass is 442 g/mol. The topological polar surface area (TPSA) is 288 Å². The Bertz CT molecular complexity index is 694. The summed E-state index contributed by atoms with van der Waals surface area (Å²) in [6.45, 7) is 1.18. The summed E-state index contributed by atoms with van der Waals surface area (Å²) in [5.41, 5.74) is 9.03. The number of primary amides is 1. The Labute approximate surface area is 164 Å². The third-order valence-corrected chi connectivity index (χ3v) is 3.56. The second-order valence-corrected chi connectivity index (χ2v) is 7.50. The van der Waals surface area contributed by atoms with E-state index >= 15 is 0 Å². The third-order valence-electron chi connectivity index (χ3n) is 2.47. The van der Waals surface area contributed by atoms with E-state index in [1.54, 1.807) is 6.07 Å². The van der Waals surface area contributed by atoms with Gasteiger partial charge in [-0.2, -0.15) is 0 Å². The number of nitrogens with zero attached hydrogens (tertiary/aromatic N) is 3. The van der Waals surface area contributed by atoms with E-state index in [1.165, 1.54) is 30.9 Å². The fourth-order valence-electron chi connectivity index (χ4n) is 1.31. The summed E-state index contributed by atoms with van der Waals surface area (Å²) in [6.07, 6.45) is -1.33. The van der Waals surface area contributed by atoms with Gasteiger partial charge in [-0.25, -0.2) is 25.0 Å². The minimum atomic E-state index is -3.10. The van der Waals surface area contributed by atoms with Gasteiger partial charge in [-0.3, -0.25) is 9.36 Å². The Morgan fingerprint density at radius 2 is 1.55 bits per heavy atom. The Morgan fingerprint density at radius 3 is 1.83 bits per heavy atom. The summed E-state index contributed by atoms with van der Waals surface area (Å²) in [4.78, 5) is 48.1. The minimum Gasteiger partial charge on any atom is -0.480 e. The molecule has 0 aliphatic heterocycles. The van der Waals surface area contributed by atoms with Gasteiger partial charge >= 0.3 is 12.1 Å². The van der Waals surface area contributed by atoms with Gasteiger partial charge in [0.2, 0.25) is 10.1 Å². The lowest BCUT2D eigenvalue weighted by molar-refractivity contribution is -0.711. The summed E-state index contributed by atoms with van der Waals surface area (Å²) >= 11 is 0. The average molecular weight is 442 g/mol. The molecule has 2 atom stereocenters. The molecule has 0 saturated heterocycles. The first-order valence-electron chi connectivity index (χ1n) is 7.08. The molecule has 0 radical (unpaired) electrons. The van der Waals surface area contributed by atoms with Crippen molar-refractivity contribution < 1.29 is 39.3 Å². The van der Waals surface area contributed by atoms with Crippen LogP contribution in [-0.2, 0) is 9.36 Å². The fourth-order valence-corrected chi connectivity index (χ4v) is 2.07. The van der Waals surface area contributed by atoms with Gasteiger partial charge in [-0.05, 0) is 18.6 Å². The van der Waals surface area contributed by atoms with Crippen LogP contribution in [0.3, 0.4) is 0 Å². The van der Waals surface area contributed by atoms with Crippen molar-refractivity contribution in [1.29, 1.82) is 0 Å². The van der Waals surface area contributed by atoms with Crippen molar-refractivity contribution in [2.45, 2.75) is 12.5 Å². The molecule has 16 nitrogen and oxygen atoms in total. The van der Waals surface area contributed by atoms with Crippen molar-refractivity contribution in [2.24, 2.45) is 11.5 Å². The molecule has 0 aromatic heterocycles. The molecular formula is C12H23N6O10P. The zero-order chi connectivity index (χ0) is 22.5. The predicted octanol–water partition coefficient (Wildman–Crippen LogP) is 0.350. The van der Waals surface area contributed by atoms with E-state index in [9.17, 15) is 29.6 Å². The number of carbonyl (C=O) groups is 2. The molecule has 0 bridgehead atoms. The van der Waals surface area contributed by atoms with E-state index in [0.717, 1.165) is 0 Å². The van der Waals surface area contributed by atoms with Crippen molar-refractivity contribution in [1.82, 2.24) is 6.15 Å². The molecule has 0 aliphatic rings. The molecule has 17 heteroatoms. The maximum absolute atomic E-state index is 10.6. The molecule has 0 aliphatic carbocycles. The first-order valence-corrected chi connectivity index (χ1v) is 9.38. The number of hydrogen-bond donors (Lipinski definition) is 6. The molecular weight excluding hydrogens is 419 g/mol. The van der Waals surface area contributed by atoms with Gasteiger partial charge in [-0.15, -0.1) is 0 Å². The molecule has 166 valence electrons. The number of hydrogen-bond acceptors (Lipinski definition) is 9. The summed E-state index contributed by atoms with van der Waals surface area (Å²) in [5.74, 6) is -1.14.